The van der Waals surface area contributed by atoms with E-state index in [4.69, 9.17) is 11.6 Å². The molecule has 0 aliphatic heterocycles. The van der Waals surface area contributed by atoms with Crippen LogP contribution in [0, 0.1) is 9.39 Å². The van der Waals surface area contributed by atoms with Crippen LogP contribution >= 0.6 is 34.2 Å². The van der Waals surface area contributed by atoms with Gasteiger partial charge in [-0.15, -0.1) is 0 Å². The third-order valence-corrected chi connectivity index (χ3v) is 4.32. The summed E-state index contributed by atoms with van der Waals surface area (Å²) in [5.74, 6) is -1.11. The number of rotatable bonds is 5. The van der Waals surface area contributed by atoms with E-state index in [1.54, 1.807) is 0 Å². The number of carbonyl (C=O) groups is 2. The molecule has 0 spiro atoms. The summed E-state index contributed by atoms with van der Waals surface area (Å²) in [7, 11) is 0. The first kappa shape index (κ1) is 17.9. The Labute approximate surface area is 152 Å². The summed E-state index contributed by atoms with van der Waals surface area (Å²) in [4.78, 5) is 25.2. The molecule has 2 rings (SSSR count). The van der Waals surface area contributed by atoms with Gasteiger partial charge in [0.1, 0.15) is 11.6 Å². The molecule has 1 amide bonds. The van der Waals surface area contributed by atoms with Crippen molar-refractivity contribution < 1.29 is 14.0 Å². The molecule has 2 aromatic carbocycles. The number of amides is 1. The van der Waals surface area contributed by atoms with E-state index in [-0.39, 0.29) is 29.7 Å². The van der Waals surface area contributed by atoms with Crippen LogP contribution in [0.15, 0.2) is 42.5 Å². The zero-order chi connectivity index (χ0) is 17.0. The van der Waals surface area contributed by atoms with E-state index in [9.17, 15) is 14.0 Å². The SMILES string of the molecule is CC(=O)CC(=O)N(Cc1ccccc1)c1cc(Cl)c(F)cc1I. The molecule has 0 aliphatic rings. The molecule has 0 bridgehead atoms. The first-order chi connectivity index (χ1) is 10.9. The molecule has 3 nitrogen and oxygen atoms in total. The van der Waals surface area contributed by atoms with Gasteiger partial charge < -0.3 is 4.90 Å². The van der Waals surface area contributed by atoms with Gasteiger partial charge in [0.25, 0.3) is 0 Å². The molecule has 0 heterocycles. The van der Waals surface area contributed by atoms with Gasteiger partial charge in [-0.1, -0.05) is 41.9 Å². The average Bonchev–Trinajstić information content (AvgIpc) is 2.49. The average molecular weight is 446 g/mol. The van der Waals surface area contributed by atoms with Crippen molar-refractivity contribution in [1.29, 1.82) is 0 Å². The van der Waals surface area contributed by atoms with Crippen LogP contribution in [0.1, 0.15) is 18.9 Å². The lowest BCUT2D eigenvalue weighted by Crippen LogP contribution is -2.32. The van der Waals surface area contributed by atoms with Crippen molar-refractivity contribution in [3.8, 4) is 0 Å². The molecular weight excluding hydrogens is 432 g/mol. The number of Topliss-reactive ketones (excluding diaryl/α,β-unsaturated/α-hetero) is 1. The van der Waals surface area contributed by atoms with E-state index in [0.717, 1.165) is 5.56 Å². The standard InChI is InChI=1S/C17H14ClFINO2/c1-11(22)7-17(23)21(10-12-5-3-2-4-6-12)16-8-13(18)14(19)9-15(16)20/h2-6,8-9H,7,10H2,1H3. The fourth-order valence-electron chi connectivity index (χ4n) is 2.10. The predicted molar refractivity (Wildman–Crippen MR) is 97.1 cm³/mol. The van der Waals surface area contributed by atoms with Gasteiger partial charge in [0.2, 0.25) is 5.91 Å². The molecule has 0 saturated heterocycles. The van der Waals surface area contributed by atoms with Gasteiger partial charge in [0.05, 0.1) is 23.7 Å². The fourth-order valence-corrected chi connectivity index (χ4v) is 2.98. The van der Waals surface area contributed by atoms with Gasteiger partial charge in [-0.05, 0) is 47.2 Å². The Morgan fingerprint density at radius 3 is 2.48 bits per heavy atom. The molecular formula is C17H14ClFINO2. The number of anilines is 1. The molecule has 0 N–H and O–H groups in total. The number of carbonyl (C=O) groups excluding carboxylic acids is 2. The number of halogens is 3. The summed E-state index contributed by atoms with van der Waals surface area (Å²) in [6.07, 6.45) is -0.210. The zero-order valence-corrected chi connectivity index (χ0v) is 15.3. The Kier molecular flexibility index (Phi) is 6.12. The molecule has 0 radical (unpaired) electrons. The molecule has 2 aromatic rings. The van der Waals surface area contributed by atoms with Crippen molar-refractivity contribution in [2.45, 2.75) is 19.9 Å². The lowest BCUT2D eigenvalue weighted by molar-refractivity contribution is -0.125. The van der Waals surface area contributed by atoms with Crippen LogP contribution in [0.25, 0.3) is 0 Å². The van der Waals surface area contributed by atoms with Crippen molar-refractivity contribution in [2.75, 3.05) is 4.90 Å². The molecule has 0 atom stereocenters. The van der Waals surface area contributed by atoms with Crippen LogP contribution in [0.5, 0.6) is 0 Å². The predicted octanol–water partition coefficient (Wildman–Crippen LogP) is 4.60. The summed E-state index contributed by atoms with van der Waals surface area (Å²) in [6, 6.07) is 12.1. The van der Waals surface area contributed by atoms with Gasteiger partial charge in [0, 0.05) is 3.57 Å². The number of hydrogen-bond acceptors (Lipinski definition) is 2. The second-order valence-electron chi connectivity index (χ2n) is 5.06. The highest BCUT2D eigenvalue weighted by Crippen LogP contribution is 2.30. The van der Waals surface area contributed by atoms with Crippen molar-refractivity contribution in [3.63, 3.8) is 0 Å². The Morgan fingerprint density at radius 1 is 1.22 bits per heavy atom. The molecule has 0 saturated carbocycles. The van der Waals surface area contributed by atoms with Gasteiger partial charge in [0.15, 0.2) is 0 Å². The second kappa shape index (κ2) is 7.88. The Bertz CT molecular complexity index is 737. The largest absolute Gasteiger partial charge is 0.306 e. The smallest absolute Gasteiger partial charge is 0.234 e. The minimum atomic E-state index is -0.543. The first-order valence-electron chi connectivity index (χ1n) is 6.86. The Balaban J connectivity index is 2.42. The number of benzene rings is 2. The van der Waals surface area contributed by atoms with Crippen LogP contribution in [0.4, 0.5) is 10.1 Å². The molecule has 23 heavy (non-hydrogen) atoms. The highest BCUT2D eigenvalue weighted by atomic mass is 127. The maximum absolute atomic E-state index is 13.6. The van der Waals surface area contributed by atoms with Crippen LogP contribution in [0.3, 0.4) is 0 Å². The monoisotopic (exact) mass is 445 g/mol. The molecule has 6 heteroatoms. The van der Waals surface area contributed by atoms with Crippen LogP contribution in [0.2, 0.25) is 5.02 Å². The lowest BCUT2D eigenvalue weighted by atomic mass is 10.1. The Morgan fingerprint density at radius 2 is 1.87 bits per heavy atom. The van der Waals surface area contributed by atoms with Crippen LogP contribution < -0.4 is 4.90 Å². The van der Waals surface area contributed by atoms with E-state index in [1.165, 1.54) is 24.0 Å². The van der Waals surface area contributed by atoms with Crippen molar-refractivity contribution >= 4 is 51.6 Å². The topological polar surface area (TPSA) is 37.4 Å². The maximum Gasteiger partial charge on any atom is 0.234 e. The van der Waals surface area contributed by atoms with Crippen molar-refractivity contribution in [3.05, 3.63) is 62.4 Å². The summed E-state index contributed by atoms with van der Waals surface area (Å²) >= 11 is 7.81. The maximum atomic E-state index is 13.6. The lowest BCUT2D eigenvalue weighted by Gasteiger charge is -2.24. The number of nitrogens with zero attached hydrogens (tertiary/aromatic N) is 1. The van der Waals surface area contributed by atoms with E-state index < -0.39 is 5.82 Å². The first-order valence-corrected chi connectivity index (χ1v) is 8.32. The summed E-state index contributed by atoms with van der Waals surface area (Å²) < 4.78 is 14.1. The molecule has 0 aliphatic carbocycles. The molecule has 120 valence electrons. The van der Waals surface area contributed by atoms with Crippen molar-refractivity contribution in [2.24, 2.45) is 0 Å². The minimum Gasteiger partial charge on any atom is -0.306 e. The van der Waals surface area contributed by atoms with Crippen LogP contribution in [-0.2, 0) is 16.1 Å². The highest BCUT2D eigenvalue weighted by molar-refractivity contribution is 14.1. The molecule has 0 unspecified atom stereocenters. The van der Waals surface area contributed by atoms with E-state index >= 15 is 0 Å². The summed E-state index contributed by atoms with van der Waals surface area (Å²) in [5.41, 5.74) is 1.40. The van der Waals surface area contributed by atoms with Crippen molar-refractivity contribution in [1.82, 2.24) is 0 Å². The fraction of sp³-hybridized carbons (Fsp3) is 0.176. The minimum absolute atomic E-state index is 0.0610. The second-order valence-corrected chi connectivity index (χ2v) is 6.63. The van der Waals surface area contributed by atoms with Gasteiger partial charge >= 0.3 is 0 Å². The van der Waals surface area contributed by atoms with Gasteiger partial charge in [-0.25, -0.2) is 4.39 Å². The van der Waals surface area contributed by atoms with Gasteiger partial charge in [-0.2, -0.15) is 0 Å². The number of ketones is 1. The molecule has 0 aromatic heterocycles. The van der Waals surface area contributed by atoms with E-state index in [1.807, 2.05) is 52.9 Å². The Hall–Kier alpha value is -1.47. The summed E-state index contributed by atoms with van der Waals surface area (Å²) in [6.45, 7) is 1.64. The van der Waals surface area contributed by atoms with Crippen LogP contribution in [-0.4, -0.2) is 11.7 Å². The normalized spacial score (nSPS) is 10.4. The number of hydrogen-bond donors (Lipinski definition) is 0. The van der Waals surface area contributed by atoms with E-state index in [0.29, 0.717) is 9.26 Å². The summed E-state index contributed by atoms with van der Waals surface area (Å²) in [5, 5.41) is -0.0610. The molecule has 0 fully saturated rings. The van der Waals surface area contributed by atoms with E-state index in [2.05, 4.69) is 0 Å². The third kappa shape index (κ3) is 4.75. The third-order valence-electron chi connectivity index (χ3n) is 3.17. The highest BCUT2D eigenvalue weighted by Gasteiger charge is 2.21. The van der Waals surface area contributed by atoms with Gasteiger partial charge in [-0.3, -0.25) is 9.59 Å². The quantitative estimate of drug-likeness (QED) is 0.383. The zero-order valence-electron chi connectivity index (χ0n) is 12.4.